The molecule has 1 atom stereocenters. The zero-order valence-electron chi connectivity index (χ0n) is 23.2. The van der Waals surface area contributed by atoms with Gasteiger partial charge in [0, 0.05) is 29.2 Å². The first kappa shape index (κ1) is 30.4. The summed E-state index contributed by atoms with van der Waals surface area (Å²) in [5.74, 6) is 1.93. The maximum absolute atomic E-state index is 12.1. The maximum atomic E-state index is 12.1. The predicted octanol–water partition coefficient (Wildman–Crippen LogP) is 6.32. The van der Waals surface area contributed by atoms with E-state index in [-0.39, 0.29) is 22.4 Å². The Bertz CT molecular complexity index is 991. The highest BCUT2D eigenvalue weighted by Gasteiger charge is 2.24. The fraction of sp³-hybridized carbons (Fsp3) is 0.533. The van der Waals surface area contributed by atoms with Crippen molar-refractivity contribution < 1.29 is 24.2 Å². The molecule has 0 amide bonds. The number of carbonyl (C=O) groups excluding carboxylic acids is 2. The van der Waals surface area contributed by atoms with Gasteiger partial charge in [-0.25, -0.2) is 0 Å². The fourth-order valence-electron chi connectivity index (χ4n) is 3.64. The SMILES string of the molecule is CCc1c(CC(=O)C(C)(C)C)cccc1OC.COc1cccc(CC(=O)C(C)(C)C)c1C(C)O. The first-order valence-corrected chi connectivity index (χ1v) is 12.2. The topological polar surface area (TPSA) is 72.8 Å². The van der Waals surface area contributed by atoms with Crippen molar-refractivity contribution in [2.24, 2.45) is 10.8 Å². The number of methoxy groups -OCH3 is 2. The molecule has 2 aromatic carbocycles. The molecule has 0 aliphatic heterocycles. The molecule has 1 N–H and O–H groups in total. The lowest BCUT2D eigenvalue weighted by Crippen LogP contribution is -2.23. The van der Waals surface area contributed by atoms with Crippen LogP contribution in [-0.4, -0.2) is 30.9 Å². The third-order valence-electron chi connectivity index (χ3n) is 5.97. The van der Waals surface area contributed by atoms with Crippen LogP contribution in [0.3, 0.4) is 0 Å². The van der Waals surface area contributed by atoms with Crippen molar-refractivity contribution in [2.75, 3.05) is 14.2 Å². The van der Waals surface area contributed by atoms with Gasteiger partial charge >= 0.3 is 0 Å². The van der Waals surface area contributed by atoms with Gasteiger partial charge < -0.3 is 14.6 Å². The van der Waals surface area contributed by atoms with E-state index < -0.39 is 6.10 Å². The van der Waals surface area contributed by atoms with Crippen molar-refractivity contribution in [2.45, 2.75) is 80.8 Å². The van der Waals surface area contributed by atoms with Gasteiger partial charge in [-0.2, -0.15) is 0 Å². The molecule has 5 nitrogen and oxygen atoms in total. The Labute approximate surface area is 211 Å². The van der Waals surface area contributed by atoms with Crippen molar-refractivity contribution in [1.29, 1.82) is 0 Å². The van der Waals surface area contributed by atoms with Crippen LogP contribution >= 0.6 is 0 Å². The van der Waals surface area contributed by atoms with Crippen LogP contribution in [0, 0.1) is 10.8 Å². The fourth-order valence-corrected chi connectivity index (χ4v) is 3.64. The number of benzene rings is 2. The van der Waals surface area contributed by atoms with Gasteiger partial charge in [-0.3, -0.25) is 9.59 Å². The molecule has 0 heterocycles. The summed E-state index contributed by atoms with van der Waals surface area (Å²) in [6, 6.07) is 11.4. The number of carbonyl (C=O) groups is 2. The lowest BCUT2D eigenvalue weighted by Gasteiger charge is -2.20. The van der Waals surface area contributed by atoms with E-state index >= 15 is 0 Å². The highest BCUT2D eigenvalue weighted by molar-refractivity contribution is 5.86. The largest absolute Gasteiger partial charge is 0.496 e. The summed E-state index contributed by atoms with van der Waals surface area (Å²) in [4.78, 5) is 24.1. The van der Waals surface area contributed by atoms with E-state index in [1.54, 1.807) is 27.2 Å². The van der Waals surface area contributed by atoms with Gasteiger partial charge in [-0.1, -0.05) is 72.7 Å². The second kappa shape index (κ2) is 12.9. The first-order chi connectivity index (χ1) is 16.2. The van der Waals surface area contributed by atoms with Gasteiger partial charge in [0.1, 0.15) is 23.1 Å². The van der Waals surface area contributed by atoms with E-state index in [0.717, 1.165) is 28.9 Å². The molecule has 2 rings (SSSR count). The van der Waals surface area contributed by atoms with Crippen LogP contribution < -0.4 is 9.47 Å². The van der Waals surface area contributed by atoms with Gasteiger partial charge in [0.05, 0.1) is 20.3 Å². The second-order valence-corrected chi connectivity index (χ2v) is 10.9. The zero-order chi connectivity index (χ0) is 27.0. The zero-order valence-corrected chi connectivity index (χ0v) is 23.2. The smallest absolute Gasteiger partial charge is 0.142 e. The lowest BCUT2D eigenvalue weighted by molar-refractivity contribution is -0.126. The third-order valence-corrected chi connectivity index (χ3v) is 5.97. The molecule has 0 fully saturated rings. The number of rotatable bonds is 8. The van der Waals surface area contributed by atoms with Crippen molar-refractivity contribution in [3.8, 4) is 11.5 Å². The quantitative estimate of drug-likeness (QED) is 0.474. The van der Waals surface area contributed by atoms with Crippen LogP contribution in [0.15, 0.2) is 36.4 Å². The van der Waals surface area contributed by atoms with Crippen LogP contribution in [-0.2, 0) is 28.9 Å². The number of hydrogen-bond donors (Lipinski definition) is 1. The van der Waals surface area contributed by atoms with Crippen LogP contribution in [0.25, 0.3) is 0 Å². The molecule has 0 aliphatic rings. The predicted molar refractivity (Wildman–Crippen MR) is 142 cm³/mol. The number of aliphatic hydroxyl groups excluding tert-OH is 1. The number of ether oxygens (including phenoxy) is 2. The summed E-state index contributed by atoms with van der Waals surface area (Å²) in [6.45, 7) is 15.3. The average Bonchev–Trinajstić information content (AvgIpc) is 2.77. The number of hydrogen-bond acceptors (Lipinski definition) is 5. The molecular weight excluding hydrogens is 440 g/mol. The molecule has 1 unspecified atom stereocenters. The van der Waals surface area contributed by atoms with E-state index in [1.807, 2.05) is 71.9 Å². The normalized spacial score (nSPS) is 12.3. The molecule has 0 saturated heterocycles. The van der Waals surface area contributed by atoms with Crippen LogP contribution in [0.5, 0.6) is 11.5 Å². The van der Waals surface area contributed by atoms with E-state index in [0.29, 0.717) is 24.2 Å². The van der Waals surface area contributed by atoms with Gasteiger partial charge in [-0.15, -0.1) is 0 Å². The van der Waals surface area contributed by atoms with Crippen molar-refractivity contribution in [3.63, 3.8) is 0 Å². The maximum Gasteiger partial charge on any atom is 0.142 e. The molecule has 0 radical (unpaired) electrons. The Morgan fingerprint density at radius 1 is 0.800 bits per heavy atom. The number of ketones is 2. The summed E-state index contributed by atoms with van der Waals surface area (Å²) in [7, 11) is 3.24. The average molecular weight is 485 g/mol. The summed E-state index contributed by atoms with van der Waals surface area (Å²) in [5, 5.41) is 9.84. The Hall–Kier alpha value is -2.66. The Morgan fingerprint density at radius 2 is 1.23 bits per heavy atom. The van der Waals surface area contributed by atoms with Gasteiger partial charge in [0.2, 0.25) is 0 Å². The standard InChI is InChI=1S/C15H22O3.C15H22O2/c1-10(16)14-11(7-6-8-12(14)18-5)9-13(17)15(2,3)4;1-6-12-11(8-7-9-13(12)17-5)10-14(16)15(2,3)4/h6-8,10,16H,9H2,1-5H3;7-9H,6,10H2,1-5H3. The summed E-state index contributed by atoms with van der Waals surface area (Å²) >= 11 is 0. The molecule has 194 valence electrons. The molecular formula is C30H44O5. The Kier molecular flexibility index (Phi) is 11.2. The molecule has 0 saturated carbocycles. The lowest BCUT2D eigenvalue weighted by atomic mass is 9.85. The van der Waals surface area contributed by atoms with E-state index in [1.165, 1.54) is 0 Å². The molecule has 2 aromatic rings. The molecule has 0 spiro atoms. The molecule has 35 heavy (non-hydrogen) atoms. The summed E-state index contributed by atoms with van der Waals surface area (Å²) in [6.07, 6.45) is 1.05. The Balaban J connectivity index is 0.000000351. The third kappa shape index (κ3) is 8.81. The molecule has 0 aliphatic carbocycles. The van der Waals surface area contributed by atoms with Gasteiger partial charge in [0.25, 0.3) is 0 Å². The van der Waals surface area contributed by atoms with Crippen LogP contribution in [0.2, 0.25) is 0 Å². The summed E-state index contributed by atoms with van der Waals surface area (Å²) < 4.78 is 10.6. The van der Waals surface area contributed by atoms with Crippen molar-refractivity contribution in [3.05, 3.63) is 58.7 Å². The second-order valence-electron chi connectivity index (χ2n) is 10.9. The summed E-state index contributed by atoms with van der Waals surface area (Å²) in [5.41, 5.74) is 3.12. The minimum Gasteiger partial charge on any atom is -0.496 e. The van der Waals surface area contributed by atoms with E-state index in [2.05, 4.69) is 6.92 Å². The highest BCUT2D eigenvalue weighted by atomic mass is 16.5. The van der Waals surface area contributed by atoms with Gasteiger partial charge in [-0.05, 0) is 42.2 Å². The van der Waals surface area contributed by atoms with E-state index in [4.69, 9.17) is 9.47 Å². The minimum atomic E-state index is -0.649. The number of aliphatic hydroxyl groups is 1. The number of Topliss-reactive ketones (excluding diaryl/α,β-unsaturated/α-hetero) is 2. The van der Waals surface area contributed by atoms with Crippen LogP contribution in [0.1, 0.15) is 83.7 Å². The minimum absolute atomic E-state index is 0.151. The molecule has 0 bridgehead atoms. The molecule has 5 heteroatoms. The Morgan fingerprint density at radius 3 is 1.63 bits per heavy atom. The van der Waals surface area contributed by atoms with Crippen molar-refractivity contribution in [1.82, 2.24) is 0 Å². The highest BCUT2D eigenvalue weighted by Crippen LogP contribution is 2.30. The first-order valence-electron chi connectivity index (χ1n) is 12.2. The van der Waals surface area contributed by atoms with E-state index in [9.17, 15) is 14.7 Å². The van der Waals surface area contributed by atoms with Crippen LogP contribution in [0.4, 0.5) is 0 Å². The van der Waals surface area contributed by atoms with Gasteiger partial charge in [0.15, 0.2) is 0 Å². The monoisotopic (exact) mass is 484 g/mol. The van der Waals surface area contributed by atoms with Crippen molar-refractivity contribution >= 4 is 11.6 Å². The molecule has 0 aromatic heterocycles.